The van der Waals surface area contributed by atoms with Crippen LogP contribution in [0.25, 0.3) is 0 Å². The molecular formula is C13H13N3O3. The van der Waals surface area contributed by atoms with E-state index in [1.165, 1.54) is 6.39 Å². The summed E-state index contributed by atoms with van der Waals surface area (Å²) in [4.78, 5) is 17.2. The minimum Gasteiger partial charge on any atom is -0.481 e. The van der Waals surface area contributed by atoms with Crippen molar-refractivity contribution in [3.05, 3.63) is 42.0 Å². The summed E-state index contributed by atoms with van der Waals surface area (Å²) in [5.41, 5.74) is 2.09. The molecule has 0 saturated heterocycles. The van der Waals surface area contributed by atoms with Gasteiger partial charge < -0.3 is 14.5 Å². The molecule has 98 valence electrons. The first-order valence-corrected chi connectivity index (χ1v) is 6.05. The Labute approximate surface area is 109 Å². The Morgan fingerprint density at radius 1 is 1.47 bits per heavy atom. The van der Waals surface area contributed by atoms with E-state index in [-0.39, 0.29) is 0 Å². The quantitative estimate of drug-likeness (QED) is 0.895. The number of benzene rings is 1. The van der Waals surface area contributed by atoms with Gasteiger partial charge in [0, 0.05) is 12.2 Å². The fourth-order valence-corrected chi connectivity index (χ4v) is 2.43. The average Bonchev–Trinajstić information content (AvgIpc) is 2.91. The molecule has 2 heterocycles. The van der Waals surface area contributed by atoms with E-state index in [2.05, 4.69) is 10.1 Å². The van der Waals surface area contributed by atoms with Crippen LogP contribution in [-0.4, -0.2) is 27.8 Å². The Balaban J connectivity index is 1.91. The SMILES string of the molecule is O=C(O)C1Cc2ccccc2N(Cc2ncon2)C1. The molecule has 1 N–H and O–H groups in total. The van der Waals surface area contributed by atoms with E-state index in [1.807, 2.05) is 29.2 Å². The van der Waals surface area contributed by atoms with Crippen LogP contribution >= 0.6 is 0 Å². The van der Waals surface area contributed by atoms with Crippen LogP contribution in [0.1, 0.15) is 11.4 Å². The number of carbonyl (C=O) groups is 1. The number of nitrogens with zero attached hydrogens (tertiary/aromatic N) is 3. The van der Waals surface area contributed by atoms with Crippen LogP contribution in [0.5, 0.6) is 0 Å². The van der Waals surface area contributed by atoms with Crippen LogP contribution in [0, 0.1) is 5.92 Å². The Hall–Kier alpha value is -2.37. The van der Waals surface area contributed by atoms with Gasteiger partial charge in [0.15, 0.2) is 5.82 Å². The standard InChI is InChI=1S/C13H13N3O3/c17-13(18)10-5-9-3-1-2-4-11(9)16(6-10)7-12-14-8-19-15-12/h1-4,8,10H,5-7H2,(H,17,18). The molecule has 3 rings (SSSR count). The minimum atomic E-state index is -0.771. The van der Waals surface area contributed by atoms with Gasteiger partial charge in [-0.25, -0.2) is 0 Å². The molecule has 6 nitrogen and oxygen atoms in total. The highest BCUT2D eigenvalue weighted by atomic mass is 16.5. The lowest BCUT2D eigenvalue weighted by atomic mass is 9.92. The zero-order chi connectivity index (χ0) is 13.2. The second kappa shape index (κ2) is 4.72. The fraction of sp³-hybridized carbons (Fsp3) is 0.308. The number of carboxylic acid groups (broad SMARTS) is 1. The number of para-hydroxylation sites is 1. The largest absolute Gasteiger partial charge is 0.481 e. The maximum absolute atomic E-state index is 11.2. The van der Waals surface area contributed by atoms with Crippen LogP contribution < -0.4 is 4.90 Å². The molecule has 1 aromatic heterocycles. The molecule has 0 aliphatic carbocycles. The Bertz CT molecular complexity index is 583. The Kier molecular flexibility index (Phi) is 2.91. The molecule has 0 fully saturated rings. The lowest BCUT2D eigenvalue weighted by Gasteiger charge is -2.33. The lowest BCUT2D eigenvalue weighted by Crippen LogP contribution is -2.38. The number of anilines is 1. The van der Waals surface area contributed by atoms with Gasteiger partial charge in [0.25, 0.3) is 0 Å². The second-order valence-corrected chi connectivity index (χ2v) is 4.60. The van der Waals surface area contributed by atoms with E-state index < -0.39 is 11.9 Å². The highest BCUT2D eigenvalue weighted by Crippen LogP contribution is 2.30. The molecule has 19 heavy (non-hydrogen) atoms. The summed E-state index contributed by atoms with van der Waals surface area (Å²) in [5, 5.41) is 13.0. The van der Waals surface area contributed by atoms with Gasteiger partial charge in [0.2, 0.25) is 6.39 Å². The number of aliphatic carboxylic acids is 1. The van der Waals surface area contributed by atoms with Crippen molar-refractivity contribution in [2.75, 3.05) is 11.4 Å². The molecule has 0 bridgehead atoms. The topological polar surface area (TPSA) is 79.5 Å². The summed E-state index contributed by atoms with van der Waals surface area (Å²) < 4.78 is 4.71. The van der Waals surface area contributed by atoms with Crippen LogP contribution in [0.3, 0.4) is 0 Å². The highest BCUT2D eigenvalue weighted by Gasteiger charge is 2.29. The first kappa shape index (κ1) is 11.7. The van der Waals surface area contributed by atoms with Gasteiger partial charge in [-0.2, -0.15) is 4.98 Å². The predicted octanol–water partition coefficient (Wildman–Crippen LogP) is 1.33. The summed E-state index contributed by atoms with van der Waals surface area (Å²) in [6, 6.07) is 7.83. The van der Waals surface area contributed by atoms with E-state index in [4.69, 9.17) is 4.52 Å². The lowest BCUT2D eigenvalue weighted by molar-refractivity contribution is -0.141. The molecule has 2 aromatic rings. The number of hydrogen-bond acceptors (Lipinski definition) is 5. The van der Waals surface area contributed by atoms with Crippen molar-refractivity contribution in [1.29, 1.82) is 0 Å². The van der Waals surface area contributed by atoms with Gasteiger partial charge >= 0.3 is 5.97 Å². The molecule has 1 aliphatic rings. The van der Waals surface area contributed by atoms with E-state index in [9.17, 15) is 9.90 Å². The number of rotatable bonds is 3. The van der Waals surface area contributed by atoms with Gasteiger partial charge in [0.1, 0.15) is 0 Å². The third-order valence-electron chi connectivity index (χ3n) is 3.33. The molecule has 6 heteroatoms. The number of carboxylic acids is 1. The van der Waals surface area contributed by atoms with E-state index in [0.29, 0.717) is 25.3 Å². The third-order valence-corrected chi connectivity index (χ3v) is 3.33. The molecule has 0 amide bonds. The highest BCUT2D eigenvalue weighted by molar-refractivity contribution is 5.73. The predicted molar refractivity (Wildman–Crippen MR) is 66.6 cm³/mol. The molecule has 0 radical (unpaired) electrons. The van der Waals surface area contributed by atoms with Crippen molar-refractivity contribution < 1.29 is 14.4 Å². The van der Waals surface area contributed by atoms with Gasteiger partial charge in [-0.3, -0.25) is 4.79 Å². The van der Waals surface area contributed by atoms with E-state index in [0.717, 1.165) is 11.3 Å². The zero-order valence-corrected chi connectivity index (χ0v) is 10.2. The van der Waals surface area contributed by atoms with Crippen LogP contribution in [0.15, 0.2) is 35.2 Å². The second-order valence-electron chi connectivity index (χ2n) is 4.60. The summed E-state index contributed by atoms with van der Waals surface area (Å²) in [7, 11) is 0. The number of aromatic nitrogens is 2. The minimum absolute atomic E-state index is 0.401. The molecule has 1 aliphatic heterocycles. The van der Waals surface area contributed by atoms with E-state index in [1.54, 1.807) is 0 Å². The Morgan fingerprint density at radius 3 is 3.05 bits per heavy atom. The Morgan fingerprint density at radius 2 is 2.32 bits per heavy atom. The molecular weight excluding hydrogens is 246 g/mol. The van der Waals surface area contributed by atoms with Crippen molar-refractivity contribution in [2.45, 2.75) is 13.0 Å². The molecule has 1 atom stereocenters. The molecule has 1 unspecified atom stereocenters. The third kappa shape index (κ3) is 2.29. The first-order chi connectivity index (χ1) is 9.24. The summed E-state index contributed by atoms with van der Waals surface area (Å²) >= 11 is 0. The first-order valence-electron chi connectivity index (χ1n) is 6.05. The molecule has 0 spiro atoms. The normalized spacial score (nSPS) is 18.1. The average molecular weight is 259 g/mol. The number of fused-ring (bicyclic) bond motifs is 1. The fourth-order valence-electron chi connectivity index (χ4n) is 2.43. The monoisotopic (exact) mass is 259 g/mol. The van der Waals surface area contributed by atoms with Crippen molar-refractivity contribution in [3.8, 4) is 0 Å². The smallest absolute Gasteiger partial charge is 0.308 e. The van der Waals surface area contributed by atoms with Crippen molar-refractivity contribution >= 4 is 11.7 Å². The maximum atomic E-state index is 11.2. The van der Waals surface area contributed by atoms with Gasteiger partial charge in [-0.15, -0.1) is 0 Å². The van der Waals surface area contributed by atoms with Gasteiger partial charge in [-0.1, -0.05) is 23.4 Å². The number of hydrogen-bond donors (Lipinski definition) is 1. The van der Waals surface area contributed by atoms with Crippen molar-refractivity contribution in [1.82, 2.24) is 10.1 Å². The van der Waals surface area contributed by atoms with Gasteiger partial charge in [0.05, 0.1) is 12.5 Å². The van der Waals surface area contributed by atoms with E-state index >= 15 is 0 Å². The zero-order valence-electron chi connectivity index (χ0n) is 10.2. The van der Waals surface area contributed by atoms with Crippen molar-refractivity contribution in [3.63, 3.8) is 0 Å². The summed E-state index contributed by atoms with van der Waals surface area (Å²) in [6.07, 6.45) is 1.84. The van der Waals surface area contributed by atoms with Crippen LogP contribution in [-0.2, 0) is 17.8 Å². The van der Waals surface area contributed by atoms with Crippen LogP contribution in [0.4, 0.5) is 5.69 Å². The maximum Gasteiger partial charge on any atom is 0.308 e. The van der Waals surface area contributed by atoms with Crippen molar-refractivity contribution in [2.24, 2.45) is 5.92 Å². The molecule has 1 aromatic carbocycles. The molecule has 0 saturated carbocycles. The summed E-state index contributed by atoms with van der Waals surface area (Å²) in [6.45, 7) is 0.915. The van der Waals surface area contributed by atoms with Crippen LogP contribution in [0.2, 0.25) is 0 Å². The summed E-state index contributed by atoms with van der Waals surface area (Å²) in [5.74, 6) is -0.616. The van der Waals surface area contributed by atoms with Gasteiger partial charge in [-0.05, 0) is 18.1 Å².